The molecule has 5 nitrogen and oxygen atoms in total. The first-order chi connectivity index (χ1) is 13.6. The number of benzene rings is 1. The molecule has 28 heavy (non-hydrogen) atoms. The van der Waals surface area contributed by atoms with E-state index in [0.29, 0.717) is 19.0 Å². The highest BCUT2D eigenvalue weighted by atomic mass is 16.3. The minimum atomic E-state index is -0.422. The summed E-state index contributed by atoms with van der Waals surface area (Å²) in [5.74, 6) is 0.238. The largest absolute Gasteiger partial charge is 0.391 e. The average Bonchev–Trinajstić information content (AvgIpc) is 2.74. The van der Waals surface area contributed by atoms with Crippen LogP contribution in [0, 0.1) is 12.8 Å². The van der Waals surface area contributed by atoms with E-state index >= 15 is 0 Å². The maximum absolute atomic E-state index is 12.3. The Morgan fingerprint density at radius 2 is 1.82 bits per heavy atom. The Bertz CT molecular complexity index is 620. The van der Waals surface area contributed by atoms with E-state index < -0.39 is 6.10 Å². The van der Waals surface area contributed by atoms with Gasteiger partial charge in [-0.2, -0.15) is 0 Å². The topological polar surface area (TPSA) is 55.8 Å². The standard InChI is InChI=1S/C23H37N3O2/c1-3-22(27)16-24-23(28)19-8-14-26(15-9-19)21-10-12-25(13-11-21)17-20-7-5-4-6-18(20)2/h4-7,19,21-22,27H,3,8-17H2,1-2H3,(H,24,28). The van der Waals surface area contributed by atoms with Crippen LogP contribution in [0.5, 0.6) is 0 Å². The van der Waals surface area contributed by atoms with Crippen molar-refractivity contribution < 1.29 is 9.90 Å². The molecule has 2 saturated heterocycles. The van der Waals surface area contributed by atoms with Gasteiger partial charge in [0.25, 0.3) is 0 Å². The number of carbonyl (C=O) groups is 1. The van der Waals surface area contributed by atoms with Gasteiger partial charge in [-0.15, -0.1) is 0 Å². The van der Waals surface area contributed by atoms with E-state index in [4.69, 9.17) is 0 Å². The predicted molar refractivity (Wildman–Crippen MR) is 113 cm³/mol. The lowest BCUT2D eigenvalue weighted by molar-refractivity contribution is -0.127. The Labute approximate surface area is 170 Å². The molecule has 5 heteroatoms. The summed E-state index contributed by atoms with van der Waals surface area (Å²) in [5.41, 5.74) is 2.83. The molecule has 0 aliphatic carbocycles. The van der Waals surface area contributed by atoms with Crippen molar-refractivity contribution in [2.24, 2.45) is 5.92 Å². The molecule has 0 radical (unpaired) electrons. The van der Waals surface area contributed by atoms with Crippen LogP contribution >= 0.6 is 0 Å². The molecule has 0 saturated carbocycles. The number of hydrogen-bond donors (Lipinski definition) is 2. The SMILES string of the molecule is CCC(O)CNC(=O)C1CCN(C2CCN(Cc3ccccc3C)CC2)CC1. The monoisotopic (exact) mass is 387 g/mol. The Balaban J connectivity index is 1.38. The summed E-state index contributed by atoms with van der Waals surface area (Å²) in [6.45, 7) is 9.95. The molecule has 2 aliphatic rings. The summed E-state index contributed by atoms with van der Waals surface area (Å²) in [6.07, 6.45) is 4.60. The zero-order valence-electron chi connectivity index (χ0n) is 17.6. The van der Waals surface area contributed by atoms with Gasteiger partial charge in [-0.1, -0.05) is 31.2 Å². The van der Waals surface area contributed by atoms with Crippen LogP contribution < -0.4 is 5.32 Å². The third-order valence-electron chi connectivity index (χ3n) is 6.61. The molecule has 2 N–H and O–H groups in total. The number of carbonyl (C=O) groups excluding carboxylic acids is 1. The number of amides is 1. The molecule has 1 amide bonds. The minimum Gasteiger partial charge on any atom is -0.391 e. The zero-order valence-corrected chi connectivity index (χ0v) is 17.6. The minimum absolute atomic E-state index is 0.112. The first-order valence-corrected chi connectivity index (χ1v) is 11.0. The number of hydrogen-bond acceptors (Lipinski definition) is 4. The van der Waals surface area contributed by atoms with Crippen LogP contribution in [0.1, 0.15) is 50.2 Å². The van der Waals surface area contributed by atoms with Crippen LogP contribution in [0.2, 0.25) is 0 Å². The lowest BCUT2D eigenvalue weighted by atomic mass is 9.92. The Kier molecular flexibility index (Phi) is 7.89. The summed E-state index contributed by atoms with van der Waals surface area (Å²) in [7, 11) is 0. The van der Waals surface area contributed by atoms with E-state index in [9.17, 15) is 9.90 Å². The van der Waals surface area contributed by atoms with E-state index in [0.717, 1.165) is 45.6 Å². The summed E-state index contributed by atoms with van der Waals surface area (Å²) in [4.78, 5) is 17.5. The number of piperidine rings is 2. The lowest BCUT2D eigenvalue weighted by Crippen LogP contribution is -2.49. The van der Waals surface area contributed by atoms with Crippen molar-refractivity contribution in [2.45, 2.75) is 64.6 Å². The van der Waals surface area contributed by atoms with Crippen LogP contribution in [0.25, 0.3) is 0 Å². The van der Waals surface area contributed by atoms with Crippen LogP contribution in [-0.4, -0.2) is 65.7 Å². The lowest BCUT2D eigenvalue weighted by Gasteiger charge is -2.41. The van der Waals surface area contributed by atoms with Crippen molar-refractivity contribution in [3.63, 3.8) is 0 Å². The number of likely N-dealkylation sites (tertiary alicyclic amines) is 2. The molecule has 2 fully saturated rings. The third-order valence-corrected chi connectivity index (χ3v) is 6.61. The van der Waals surface area contributed by atoms with Gasteiger partial charge >= 0.3 is 0 Å². The molecule has 0 aromatic heterocycles. The highest BCUT2D eigenvalue weighted by Gasteiger charge is 2.30. The van der Waals surface area contributed by atoms with Gasteiger partial charge in [-0.05, 0) is 76.3 Å². The predicted octanol–water partition coefficient (Wildman–Crippen LogP) is 2.56. The van der Waals surface area contributed by atoms with Gasteiger partial charge in [-0.3, -0.25) is 9.69 Å². The quantitative estimate of drug-likeness (QED) is 0.755. The van der Waals surface area contributed by atoms with Gasteiger partial charge in [0.05, 0.1) is 6.10 Å². The summed E-state index contributed by atoms with van der Waals surface area (Å²) >= 11 is 0. The van der Waals surface area contributed by atoms with Gasteiger partial charge in [-0.25, -0.2) is 0 Å². The normalized spacial score (nSPS) is 21.5. The molecule has 0 bridgehead atoms. The first-order valence-electron chi connectivity index (χ1n) is 11.0. The number of rotatable bonds is 7. The second-order valence-electron chi connectivity index (χ2n) is 8.55. The van der Waals surface area contributed by atoms with Gasteiger partial charge in [0, 0.05) is 25.0 Å². The Morgan fingerprint density at radius 3 is 2.46 bits per heavy atom. The van der Waals surface area contributed by atoms with Crippen molar-refractivity contribution in [3.8, 4) is 0 Å². The molecule has 1 atom stereocenters. The summed E-state index contributed by atoms with van der Waals surface area (Å²) < 4.78 is 0. The number of aliphatic hydroxyl groups excluding tert-OH is 1. The number of nitrogens with zero attached hydrogens (tertiary/aromatic N) is 2. The van der Waals surface area contributed by atoms with Crippen molar-refractivity contribution in [3.05, 3.63) is 35.4 Å². The molecule has 0 spiro atoms. The first kappa shape index (κ1) is 21.3. The molecule has 1 aromatic carbocycles. The summed E-state index contributed by atoms with van der Waals surface area (Å²) in [5, 5.41) is 12.5. The van der Waals surface area contributed by atoms with Gasteiger partial charge < -0.3 is 15.3 Å². The van der Waals surface area contributed by atoms with Crippen molar-refractivity contribution in [2.75, 3.05) is 32.7 Å². The van der Waals surface area contributed by atoms with Gasteiger partial charge in [0.2, 0.25) is 5.91 Å². The molecule has 156 valence electrons. The number of nitrogens with one attached hydrogen (secondary N) is 1. The van der Waals surface area contributed by atoms with E-state index in [2.05, 4.69) is 46.3 Å². The van der Waals surface area contributed by atoms with E-state index in [-0.39, 0.29) is 11.8 Å². The molecule has 3 rings (SSSR count). The number of aliphatic hydroxyl groups is 1. The maximum atomic E-state index is 12.3. The van der Waals surface area contributed by atoms with Crippen molar-refractivity contribution in [1.82, 2.24) is 15.1 Å². The number of aryl methyl sites for hydroxylation is 1. The van der Waals surface area contributed by atoms with Gasteiger partial charge in [0.15, 0.2) is 0 Å². The van der Waals surface area contributed by atoms with Crippen molar-refractivity contribution in [1.29, 1.82) is 0 Å². The van der Waals surface area contributed by atoms with E-state index in [1.807, 2.05) is 6.92 Å². The Morgan fingerprint density at radius 1 is 1.14 bits per heavy atom. The molecule has 2 heterocycles. The van der Waals surface area contributed by atoms with Gasteiger partial charge in [0.1, 0.15) is 0 Å². The second kappa shape index (κ2) is 10.4. The third kappa shape index (κ3) is 5.79. The molecule has 2 aliphatic heterocycles. The maximum Gasteiger partial charge on any atom is 0.223 e. The highest BCUT2D eigenvalue weighted by molar-refractivity contribution is 5.78. The second-order valence-corrected chi connectivity index (χ2v) is 8.55. The van der Waals surface area contributed by atoms with E-state index in [1.54, 1.807) is 0 Å². The van der Waals surface area contributed by atoms with Crippen LogP contribution in [0.15, 0.2) is 24.3 Å². The smallest absolute Gasteiger partial charge is 0.223 e. The molecule has 1 aromatic rings. The highest BCUT2D eigenvalue weighted by Crippen LogP contribution is 2.25. The van der Waals surface area contributed by atoms with Crippen LogP contribution in [0.3, 0.4) is 0 Å². The zero-order chi connectivity index (χ0) is 19.9. The Hall–Kier alpha value is -1.43. The molecular weight excluding hydrogens is 350 g/mol. The van der Waals surface area contributed by atoms with Crippen LogP contribution in [-0.2, 0) is 11.3 Å². The van der Waals surface area contributed by atoms with E-state index in [1.165, 1.54) is 24.0 Å². The molecule has 1 unspecified atom stereocenters. The fourth-order valence-corrected chi connectivity index (χ4v) is 4.50. The fraction of sp³-hybridized carbons (Fsp3) is 0.696. The fourth-order valence-electron chi connectivity index (χ4n) is 4.50. The van der Waals surface area contributed by atoms with Crippen LogP contribution in [0.4, 0.5) is 0 Å². The summed E-state index contributed by atoms with van der Waals surface area (Å²) in [6, 6.07) is 9.36. The average molecular weight is 388 g/mol. The molecular formula is C23H37N3O2. The van der Waals surface area contributed by atoms with Crippen molar-refractivity contribution >= 4 is 5.91 Å².